The molecule has 0 saturated heterocycles. The summed E-state index contributed by atoms with van der Waals surface area (Å²) in [6.07, 6.45) is 0. The van der Waals surface area contributed by atoms with Crippen molar-refractivity contribution in [2.24, 2.45) is 0 Å². The van der Waals surface area contributed by atoms with Gasteiger partial charge in [-0.05, 0) is 23.3 Å². The van der Waals surface area contributed by atoms with E-state index in [9.17, 15) is 5.11 Å². The first-order chi connectivity index (χ1) is 11.2. The molecule has 0 aliphatic carbocycles. The molecular formula is C21H17NO. The lowest BCUT2D eigenvalue weighted by molar-refractivity contribution is 0.461. The van der Waals surface area contributed by atoms with E-state index in [1.807, 2.05) is 54.6 Å². The smallest absolute Gasteiger partial charge is 0.120 e. The Morgan fingerprint density at radius 1 is 0.739 bits per heavy atom. The summed E-state index contributed by atoms with van der Waals surface area (Å²) in [7, 11) is 0. The summed E-state index contributed by atoms with van der Waals surface area (Å²) >= 11 is 0. The van der Waals surface area contributed by atoms with Crippen LogP contribution in [0.25, 0.3) is 0 Å². The number of rotatable bonds is 2. The van der Waals surface area contributed by atoms with Crippen molar-refractivity contribution < 1.29 is 5.11 Å². The Bertz CT molecular complexity index is 885. The van der Waals surface area contributed by atoms with Crippen LogP contribution in [0.15, 0.2) is 91.1 Å². The van der Waals surface area contributed by atoms with Crippen LogP contribution in [0.3, 0.4) is 0 Å². The summed E-state index contributed by atoms with van der Waals surface area (Å²) in [6, 6.07) is 25.9. The van der Waals surface area contributed by atoms with E-state index in [2.05, 4.69) is 30.1 Å². The van der Waals surface area contributed by atoms with E-state index in [-0.39, 0.29) is 5.75 Å². The predicted octanol–water partition coefficient (Wildman–Crippen LogP) is 4.67. The third-order valence-electron chi connectivity index (χ3n) is 4.58. The summed E-state index contributed by atoms with van der Waals surface area (Å²) in [4.78, 5) is 0. The molecule has 2 N–H and O–H groups in total. The van der Waals surface area contributed by atoms with E-state index in [0.717, 1.165) is 28.1 Å². The second-order valence-electron chi connectivity index (χ2n) is 5.78. The normalized spacial score (nSPS) is 19.2. The van der Waals surface area contributed by atoms with E-state index < -0.39 is 5.41 Å². The fraction of sp³-hybridized carbons (Fsp3) is 0.0476. The Kier molecular flexibility index (Phi) is 2.98. The first-order valence-corrected chi connectivity index (χ1v) is 7.64. The van der Waals surface area contributed by atoms with Crippen molar-refractivity contribution in [1.29, 1.82) is 0 Å². The van der Waals surface area contributed by atoms with E-state index in [0.29, 0.717) is 0 Å². The predicted molar refractivity (Wildman–Crippen MR) is 93.6 cm³/mol. The van der Waals surface area contributed by atoms with Crippen LogP contribution in [-0.4, -0.2) is 5.11 Å². The molecule has 0 radical (unpaired) electrons. The molecule has 0 aromatic heterocycles. The molecule has 0 bridgehead atoms. The number of anilines is 1. The van der Waals surface area contributed by atoms with Crippen molar-refractivity contribution in [2.75, 3.05) is 5.32 Å². The van der Waals surface area contributed by atoms with Gasteiger partial charge in [0.05, 0.1) is 5.41 Å². The third kappa shape index (κ3) is 1.82. The van der Waals surface area contributed by atoms with Crippen LogP contribution in [0.5, 0.6) is 5.75 Å². The molecular weight excluding hydrogens is 282 g/mol. The lowest BCUT2D eigenvalue weighted by Crippen LogP contribution is -2.29. The number of para-hydroxylation sites is 2. The quantitative estimate of drug-likeness (QED) is 0.721. The first-order valence-electron chi connectivity index (χ1n) is 7.64. The molecule has 0 amide bonds. The minimum Gasteiger partial charge on any atom is -0.508 e. The fourth-order valence-electron chi connectivity index (χ4n) is 3.61. The highest BCUT2D eigenvalue weighted by Gasteiger charge is 2.46. The van der Waals surface area contributed by atoms with Gasteiger partial charge in [0.25, 0.3) is 0 Å². The Labute approximate surface area is 135 Å². The van der Waals surface area contributed by atoms with E-state index >= 15 is 0 Å². The Morgan fingerprint density at radius 3 is 2.09 bits per heavy atom. The first kappa shape index (κ1) is 13.6. The number of aromatic hydroxyl groups is 1. The molecule has 1 atom stereocenters. The summed E-state index contributed by atoms with van der Waals surface area (Å²) in [5.74, 6) is 0.274. The molecule has 4 rings (SSSR count). The molecule has 1 aliphatic rings. The van der Waals surface area contributed by atoms with Crippen molar-refractivity contribution in [3.05, 3.63) is 108 Å². The molecule has 3 aromatic carbocycles. The Hall–Kier alpha value is -3.00. The van der Waals surface area contributed by atoms with Gasteiger partial charge in [0.1, 0.15) is 5.75 Å². The van der Waals surface area contributed by atoms with Gasteiger partial charge in [0.15, 0.2) is 0 Å². The van der Waals surface area contributed by atoms with Gasteiger partial charge in [-0.3, -0.25) is 0 Å². The summed E-state index contributed by atoms with van der Waals surface area (Å²) in [5.41, 5.74) is 4.33. The van der Waals surface area contributed by atoms with Crippen LogP contribution < -0.4 is 5.32 Å². The molecule has 1 aliphatic heterocycles. The van der Waals surface area contributed by atoms with Crippen LogP contribution in [0.1, 0.15) is 16.7 Å². The monoisotopic (exact) mass is 299 g/mol. The van der Waals surface area contributed by atoms with Gasteiger partial charge in [-0.15, -0.1) is 0 Å². The number of fused-ring (bicyclic) bond motifs is 1. The summed E-state index contributed by atoms with van der Waals surface area (Å²) in [6.45, 7) is 4.29. The van der Waals surface area contributed by atoms with Crippen molar-refractivity contribution in [1.82, 2.24) is 0 Å². The fourth-order valence-corrected chi connectivity index (χ4v) is 3.61. The number of phenols is 1. The maximum atomic E-state index is 10.6. The lowest BCUT2D eigenvalue weighted by atomic mass is 9.69. The molecule has 0 saturated carbocycles. The van der Waals surface area contributed by atoms with Crippen molar-refractivity contribution in [3.8, 4) is 5.75 Å². The van der Waals surface area contributed by atoms with Gasteiger partial charge < -0.3 is 10.4 Å². The molecule has 1 heterocycles. The number of hydrogen-bond donors (Lipinski definition) is 2. The minimum absolute atomic E-state index is 0.274. The van der Waals surface area contributed by atoms with Crippen molar-refractivity contribution in [3.63, 3.8) is 0 Å². The summed E-state index contributed by atoms with van der Waals surface area (Å²) in [5, 5.41) is 14.0. The van der Waals surface area contributed by atoms with E-state index in [4.69, 9.17) is 0 Å². The number of allylic oxidation sites excluding steroid dienone is 1. The van der Waals surface area contributed by atoms with E-state index in [1.165, 1.54) is 0 Å². The molecule has 3 aromatic rings. The highest BCUT2D eigenvalue weighted by atomic mass is 16.3. The Morgan fingerprint density at radius 2 is 1.35 bits per heavy atom. The molecule has 0 fully saturated rings. The average Bonchev–Trinajstić information content (AvgIpc) is 2.89. The maximum absolute atomic E-state index is 10.6. The molecule has 2 heteroatoms. The molecule has 2 nitrogen and oxygen atoms in total. The summed E-state index contributed by atoms with van der Waals surface area (Å²) < 4.78 is 0. The zero-order chi connectivity index (χ0) is 15.9. The SMILES string of the molecule is C=C1Nc2ccccc2C1(c1ccccc1)c1ccccc1O. The second-order valence-corrected chi connectivity index (χ2v) is 5.78. The van der Waals surface area contributed by atoms with Crippen LogP contribution in [0.4, 0.5) is 5.69 Å². The van der Waals surface area contributed by atoms with Gasteiger partial charge in [0, 0.05) is 16.9 Å². The zero-order valence-electron chi connectivity index (χ0n) is 12.7. The van der Waals surface area contributed by atoms with Crippen molar-refractivity contribution >= 4 is 5.69 Å². The molecule has 0 spiro atoms. The standard InChI is InChI=1S/C21H17NO/c1-15-21(16-9-3-2-4-10-16,18-12-6-8-14-20(18)23)17-11-5-7-13-19(17)22-15/h2-14,22-23H,1H2. The molecule has 1 unspecified atom stereocenters. The number of hydrogen-bond acceptors (Lipinski definition) is 2. The highest BCUT2D eigenvalue weighted by molar-refractivity contribution is 5.77. The topological polar surface area (TPSA) is 32.3 Å². The van der Waals surface area contributed by atoms with Crippen LogP contribution in [-0.2, 0) is 5.41 Å². The largest absolute Gasteiger partial charge is 0.508 e. The van der Waals surface area contributed by atoms with Gasteiger partial charge in [0.2, 0.25) is 0 Å². The van der Waals surface area contributed by atoms with Crippen LogP contribution >= 0.6 is 0 Å². The molecule has 112 valence electrons. The van der Waals surface area contributed by atoms with Gasteiger partial charge in [-0.25, -0.2) is 0 Å². The van der Waals surface area contributed by atoms with Gasteiger partial charge in [-0.1, -0.05) is 73.3 Å². The average molecular weight is 299 g/mol. The zero-order valence-corrected chi connectivity index (χ0v) is 12.7. The lowest BCUT2D eigenvalue weighted by Gasteiger charge is -2.32. The number of benzene rings is 3. The van der Waals surface area contributed by atoms with Crippen LogP contribution in [0, 0.1) is 0 Å². The van der Waals surface area contributed by atoms with E-state index in [1.54, 1.807) is 6.07 Å². The van der Waals surface area contributed by atoms with Gasteiger partial charge >= 0.3 is 0 Å². The van der Waals surface area contributed by atoms with Crippen LogP contribution in [0.2, 0.25) is 0 Å². The maximum Gasteiger partial charge on any atom is 0.120 e. The minimum atomic E-state index is -0.594. The van der Waals surface area contributed by atoms with Gasteiger partial charge in [-0.2, -0.15) is 0 Å². The highest BCUT2D eigenvalue weighted by Crippen LogP contribution is 2.53. The van der Waals surface area contributed by atoms with Crippen molar-refractivity contribution in [2.45, 2.75) is 5.41 Å². The number of nitrogens with one attached hydrogen (secondary N) is 1. The Balaban J connectivity index is 2.12. The number of phenolic OH excluding ortho intramolecular Hbond substituents is 1. The second kappa shape index (κ2) is 5.03. The third-order valence-corrected chi connectivity index (χ3v) is 4.58. The molecule has 23 heavy (non-hydrogen) atoms.